The fourth-order valence-corrected chi connectivity index (χ4v) is 2.43. The second-order valence-corrected chi connectivity index (χ2v) is 4.63. The van der Waals surface area contributed by atoms with E-state index in [4.69, 9.17) is 5.11 Å². The molecular formula is C10H13NO2S. The summed E-state index contributed by atoms with van der Waals surface area (Å²) in [6.45, 7) is 0. The zero-order chi connectivity index (χ0) is 9.97. The lowest BCUT2D eigenvalue weighted by Crippen LogP contribution is -2.09. The first-order valence-corrected chi connectivity index (χ1v) is 5.80. The van der Waals surface area contributed by atoms with Gasteiger partial charge < -0.3 is 5.11 Å². The van der Waals surface area contributed by atoms with Gasteiger partial charge in [-0.25, -0.2) is 4.98 Å². The van der Waals surface area contributed by atoms with E-state index in [1.165, 1.54) is 25.0 Å². The Balaban J connectivity index is 1.92. The van der Waals surface area contributed by atoms with Crippen LogP contribution in [0.4, 0.5) is 0 Å². The van der Waals surface area contributed by atoms with Gasteiger partial charge in [-0.15, -0.1) is 11.3 Å². The maximum atomic E-state index is 10.4. The molecule has 1 aromatic rings. The quantitative estimate of drug-likeness (QED) is 0.832. The average Bonchev–Trinajstić information content (AvgIpc) is 2.46. The second-order valence-electron chi connectivity index (χ2n) is 3.69. The van der Waals surface area contributed by atoms with E-state index < -0.39 is 5.97 Å². The van der Waals surface area contributed by atoms with Gasteiger partial charge in [0.05, 0.1) is 17.1 Å². The van der Waals surface area contributed by atoms with Crippen molar-refractivity contribution in [3.05, 3.63) is 16.1 Å². The number of hydrogen-bond acceptors (Lipinski definition) is 3. The predicted molar refractivity (Wildman–Crippen MR) is 54.7 cm³/mol. The van der Waals surface area contributed by atoms with Crippen LogP contribution in [0.3, 0.4) is 0 Å². The molecule has 0 radical (unpaired) electrons. The molecule has 0 amide bonds. The van der Waals surface area contributed by atoms with Gasteiger partial charge in [0.15, 0.2) is 0 Å². The first-order valence-electron chi connectivity index (χ1n) is 4.92. The van der Waals surface area contributed by atoms with Crippen molar-refractivity contribution in [3.63, 3.8) is 0 Å². The summed E-state index contributed by atoms with van der Waals surface area (Å²) >= 11 is 1.59. The van der Waals surface area contributed by atoms with Crippen molar-refractivity contribution < 1.29 is 9.90 Å². The Morgan fingerprint density at radius 1 is 1.64 bits per heavy atom. The van der Waals surface area contributed by atoms with E-state index in [1.807, 2.05) is 0 Å². The van der Waals surface area contributed by atoms with Crippen molar-refractivity contribution in [1.82, 2.24) is 4.98 Å². The van der Waals surface area contributed by atoms with Crippen LogP contribution in [0.25, 0.3) is 0 Å². The van der Waals surface area contributed by atoms with E-state index in [-0.39, 0.29) is 6.42 Å². The highest BCUT2D eigenvalue weighted by atomic mass is 32.1. The maximum Gasteiger partial charge on any atom is 0.303 e. The van der Waals surface area contributed by atoms with Crippen molar-refractivity contribution in [3.8, 4) is 0 Å². The van der Waals surface area contributed by atoms with E-state index in [2.05, 4.69) is 10.4 Å². The molecule has 1 aliphatic carbocycles. The molecule has 0 aromatic carbocycles. The third-order valence-electron chi connectivity index (χ3n) is 2.65. The van der Waals surface area contributed by atoms with Gasteiger partial charge in [-0.3, -0.25) is 4.79 Å². The minimum Gasteiger partial charge on any atom is -0.481 e. The molecule has 1 aliphatic rings. The van der Waals surface area contributed by atoms with Gasteiger partial charge >= 0.3 is 5.97 Å². The Morgan fingerprint density at radius 2 is 2.43 bits per heavy atom. The molecule has 1 aromatic heterocycles. The molecule has 0 unspecified atom stereocenters. The van der Waals surface area contributed by atoms with Crippen molar-refractivity contribution in [2.75, 3.05) is 0 Å². The van der Waals surface area contributed by atoms with Gasteiger partial charge in [0.2, 0.25) is 0 Å². The summed E-state index contributed by atoms with van der Waals surface area (Å²) in [6.07, 6.45) is 4.58. The second kappa shape index (κ2) is 4.09. The SMILES string of the molecule is O=C(O)CCc1nc(C2CCC2)cs1. The van der Waals surface area contributed by atoms with Crippen LogP contribution in [0.2, 0.25) is 0 Å². The van der Waals surface area contributed by atoms with Crippen LogP contribution in [0.15, 0.2) is 5.38 Å². The van der Waals surface area contributed by atoms with Crippen LogP contribution in [0, 0.1) is 0 Å². The van der Waals surface area contributed by atoms with Crippen LogP contribution >= 0.6 is 11.3 Å². The van der Waals surface area contributed by atoms with Gasteiger partial charge in [-0.2, -0.15) is 0 Å². The van der Waals surface area contributed by atoms with Crippen molar-refractivity contribution in [2.24, 2.45) is 0 Å². The Kier molecular flexibility index (Phi) is 2.82. The molecule has 3 nitrogen and oxygen atoms in total. The van der Waals surface area contributed by atoms with Crippen LogP contribution < -0.4 is 0 Å². The van der Waals surface area contributed by atoms with Crippen molar-refractivity contribution in [2.45, 2.75) is 38.0 Å². The number of aliphatic carboxylic acids is 1. The Bertz CT molecular complexity index is 331. The lowest BCUT2D eigenvalue weighted by molar-refractivity contribution is -0.136. The first-order chi connectivity index (χ1) is 6.75. The highest BCUT2D eigenvalue weighted by molar-refractivity contribution is 7.09. The number of hydrogen-bond donors (Lipinski definition) is 1. The van der Waals surface area contributed by atoms with Gasteiger partial charge in [0.1, 0.15) is 0 Å². The lowest BCUT2D eigenvalue weighted by atomic mass is 9.83. The van der Waals surface area contributed by atoms with Gasteiger partial charge in [0, 0.05) is 17.7 Å². The molecule has 1 fully saturated rings. The fraction of sp³-hybridized carbons (Fsp3) is 0.600. The monoisotopic (exact) mass is 211 g/mol. The summed E-state index contributed by atoms with van der Waals surface area (Å²) in [6, 6.07) is 0. The molecule has 14 heavy (non-hydrogen) atoms. The Morgan fingerprint density at radius 3 is 3.00 bits per heavy atom. The number of thiazole rings is 1. The molecule has 4 heteroatoms. The molecule has 0 atom stereocenters. The minimum absolute atomic E-state index is 0.192. The molecule has 0 bridgehead atoms. The number of carboxylic acids is 1. The van der Waals surface area contributed by atoms with Crippen LogP contribution in [0.1, 0.15) is 42.3 Å². The molecule has 1 saturated carbocycles. The summed E-state index contributed by atoms with van der Waals surface area (Å²) in [5, 5.41) is 11.6. The highest BCUT2D eigenvalue weighted by Crippen LogP contribution is 2.36. The van der Waals surface area contributed by atoms with Crippen LogP contribution in [-0.4, -0.2) is 16.1 Å². The zero-order valence-corrected chi connectivity index (χ0v) is 8.72. The highest BCUT2D eigenvalue weighted by Gasteiger charge is 2.21. The normalized spacial score (nSPS) is 16.6. The Hall–Kier alpha value is -0.900. The third-order valence-corrected chi connectivity index (χ3v) is 3.57. The minimum atomic E-state index is -0.745. The van der Waals surface area contributed by atoms with E-state index in [9.17, 15) is 4.79 Å². The van der Waals surface area contributed by atoms with Crippen molar-refractivity contribution in [1.29, 1.82) is 0 Å². The summed E-state index contributed by atoms with van der Waals surface area (Å²) in [5.74, 6) is -0.0878. The number of aromatic nitrogens is 1. The van der Waals surface area contributed by atoms with Gasteiger partial charge in [0.25, 0.3) is 0 Å². The van der Waals surface area contributed by atoms with Crippen LogP contribution in [0.5, 0.6) is 0 Å². The van der Waals surface area contributed by atoms with Crippen molar-refractivity contribution >= 4 is 17.3 Å². The van der Waals surface area contributed by atoms with Crippen LogP contribution in [-0.2, 0) is 11.2 Å². The molecule has 0 spiro atoms. The largest absolute Gasteiger partial charge is 0.481 e. The predicted octanol–water partition coefficient (Wildman–Crippen LogP) is 2.43. The topological polar surface area (TPSA) is 50.2 Å². The molecule has 1 N–H and O–H groups in total. The molecule has 0 aliphatic heterocycles. The fourth-order valence-electron chi connectivity index (χ4n) is 1.55. The van der Waals surface area contributed by atoms with Gasteiger partial charge in [-0.05, 0) is 12.8 Å². The molecular weight excluding hydrogens is 198 g/mol. The summed E-state index contributed by atoms with van der Waals surface area (Å²) in [7, 11) is 0. The van der Waals surface area contributed by atoms with E-state index >= 15 is 0 Å². The number of aryl methyl sites for hydroxylation is 1. The Labute approximate surface area is 86.8 Å². The smallest absolute Gasteiger partial charge is 0.303 e. The zero-order valence-electron chi connectivity index (χ0n) is 7.90. The summed E-state index contributed by atoms with van der Waals surface area (Å²) < 4.78 is 0. The van der Waals surface area contributed by atoms with E-state index in [1.54, 1.807) is 11.3 Å². The standard InChI is InChI=1S/C10H13NO2S/c12-10(13)5-4-9-11-8(6-14-9)7-2-1-3-7/h6-7H,1-5H2,(H,12,13). The number of nitrogens with zero attached hydrogens (tertiary/aromatic N) is 1. The summed E-state index contributed by atoms with van der Waals surface area (Å²) in [5.41, 5.74) is 1.18. The molecule has 0 saturated heterocycles. The lowest BCUT2D eigenvalue weighted by Gasteiger charge is -2.22. The molecule has 2 rings (SSSR count). The van der Waals surface area contributed by atoms with E-state index in [0.29, 0.717) is 12.3 Å². The third kappa shape index (κ3) is 2.12. The molecule has 76 valence electrons. The van der Waals surface area contributed by atoms with Gasteiger partial charge in [-0.1, -0.05) is 6.42 Å². The first kappa shape index (κ1) is 9.65. The number of carbonyl (C=O) groups is 1. The molecule has 1 heterocycles. The van der Waals surface area contributed by atoms with E-state index in [0.717, 1.165) is 5.01 Å². The number of carboxylic acid groups (broad SMARTS) is 1. The summed E-state index contributed by atoms with van der Waals surface area (Å²) in [4.78, 5) is 14.8. The average molecular weight is 211 g/mol. The maximum absolute atomic E-state index is 10.4. The number of rotatable bonds is 4.